The Hall–Kier alpha value is -3.20. The molecule has 3 aromatic carbocycles. The van der Waals surface area contributed by atoms with E-state index in [2.05, 4.69) is 88.7 Å². The van der Waals surface area contributed by atoms with Crippen molar-refractivity contribution in [1.82, 2.24) is 4.57 Å². The van der Waals surface area contributed by atoms with E-state index in [9.17, 15) is 0 Å². The molecule has 3 heterocycles. The van der Waals surface area contributed by atoms with E-state index in [0.29, 0.717) is 17.9 Å². The van der Waals surface area contributed by atoms with Gasteiger partial charge in [0.1, 0.15) is 5.75 Å². The molecule has 138 valence electrons. The molecule has 4 aromatic rings. The molecule has 0 saturated heterocycles. The quantitative estimate of drug-likeness (QED) is 0.501. The lowest BCUT2D eigenvalue weighted by molar-refractivity contribution is 0.394. The molecule has 1 N–H and O–H groups in total. The Bertz CT molecular complexity index is 1180. The van der Waals surface area contributed by atoms with Crippen molar-refractivity contribution in [2.45, 2.75) is 18.5 Å². The molecule has 3 nitrogen and oxygen atoms in total. The standard InChI is InChI=1S/C25H22N2O/c1-28-18-11-12-21-19(14-18)24(16-7-3-2-4-8-16)20-15-27-22-10-6-5-9-17(22)13-23(27)25(20)26-21/h2-14,20,24-26H,15H2,1H3/t20-,24-,25+/m0/s1. The van der Waals surface area contributed by atoms with Crippen LogP contribution in [0.5, 0.6) is 5.75 Å². The van der Waals surface area contributed by atoms with Crippen molar-refractivity contribution < 1.29 is 4.74 Å². The molecule has 0 fully saturated rings. The lowest BCUT2D eigenvalue weighted by Gasteiger charge is -2.37. The number of nitrogens with one attached hydrogen (secondary N) is 1. The number of aromatic nitrogens is 1. The second-order valence-corrected chi connectivity index (χ2v) is 7.87. The number of anilines is 1. The van der Waals surface area contributed by atoms with Crippen molar-refractivity contribution in [3.05, 3.63) is 95.7 Å². The molecule has 0 bridgehead atoms. The number of fused-ring (bicyclic) bond motifs is 6. The van der Waals surface area contributed by atoms with Gasteiger partial charge in [0.25, 0.3) is 0 Å². The van der Waals surface area contributed by atoms with Crippen LogP contribution >= 0.6 is 0 Å². The first kappa shape index (κ1) is 15.8. The molecule has 3 heteroatoms. The van der Waals surface area contributed by atoms with Crippen molar-refractivity contribution in [1.29, 1.82) is 0 Å². The second kappa shape index (κ2) is 5.90. The first-order chi connectivity index (χ1) is 13.8. The number of para-hydroxylation sites is 1. The third-order valence-corrected chi connectivity index (χ3v) is 6.47. The van der Waals surface area contributed by atoms with Crippen molar-refractivity contribution >= 4 is 16.6 Å². The van der Waals surface area contributed by atoms with E-state index in [4.69, 9.17) is 4.74 Å². The van der Waals surface area contributed by atoms with Gasteiger partial charge in [-0.25, -0.2) is 0 Å². The summed E-state index contributed by atoms with van der Waals surface area (Å²) in [5.74, 6) is 1.74. The van der Waals surface area contributed by atoms with E-state index < -0.39 is 0 Å². The minimum Gasteiger partial charge on any atom is -0.497 e. The minimum atomic E-state index is 0.318. The van der Waals surface area contributed by atoms with Crippen LogP contribution in [0.4, 0.5) is 5.69 Å². The van der Waals surface area contributed by atoms with E-state index in [1.54, 1.807) is 7.11 Å². The van der Waals surface area contributed by atoms with Crippen molar-refractivity contribution in [3.8, 4) is 5.75 Å². The predicted molar refractivity (Wildman–Crippen MR) is 113 cm³/mol. The molecule has 0 amide bonds. The van der Waals surface area contributed by atoms with Gasteiger partial charge in [0.05, 0.1) is 13.2 Å². The monoisotopic (exact) mass is 366 g/mol. The first-order valence-corrected chi connectivity index (χ1v) is 9.91. The lowest BCUT2D eigenvalue weighted by Crippen LogP contribution is -2.30. The number of nitrogens with zero attached hydrogens (tertiary/aromatic N) is 1. The number of ether oxygens (including phenoxy) is 1. The van der Waals surface area contributed by atoms with Gasteiger partial charge in [-0.1, -0.05) is 48.5 Å². The Morgan fingerprint density at radius 3 is 2.61 bits per heavy atom. The van der Waals surface area contributed by atoms with Gasteiger partial charge in [-0.15, -0.1) is 0 Å². The highest BCUT2D eigenvalue weighted by molar-refractivity contribution is 5.82. The molecule has 2 aliphatic rings. The molecule has 1 aromatic heterocycles. The molecule has 0 radical (unpaired) electrons. The molecule has 0 saturated carbocycles. The highest BCUT2D eigenvalue weighted by atomic mass is 16.5. The zero-order valence-corrected chi connectivity index (χ0v) is 15.8. The van der Waals surface area contributed by atoms with Gasteiger partial charge < -0.3 is 14.6 Å². The Morgan fingerprint density at radius 1 is 0.929 bits per heavy atom. The molecule has 0 aliphatic carbocycles. The van der Waals surface area contributed by atoms with Crippen LogP contribution in [-0.2, 0) is 6.54 Å². The van der Waals surface area contributed by atoms with Crippen LogP contribution in [0, 0.1) is 5.92 Å². The summed E-state index contributed by atoms with van der Waals surface area (Å²) in [4.78, 5) is 0. The van der Waals surface area contributed by atoms with Gasteiger partial charge in [0, 0.05) is 35.3 Å². The molecular weight excluding hydrogens is 344 g/mol. The van der Waals surface area contributed by atoms with Gasteiger partial charge in [0.15, 0.2) is 0 Å². The highest BCUT2D eigenvalue weighted by Gasteiger charge is 2.44. The average molecular weight is 366 g/mol. The van der Waals surface area contributed by atoms with E-state index >= 15 is 0 Å². The van der Waals surface area contributed by atoms with Crippen molar-refractivity contribution in [3.63, 3.8) is 0 Å². The predicted octanol–water partition coefficient (Wildman–Crippen LogP) is 5.58. The van der Waals surface area contributed by atoms with Crippen LogP contribution in [0.25, 0.3) is 10.9 Å². The molecule has 0 unspecified atom stereocenters. The summed E-state index contributed by atoms with van der Waals surface area (Å²) >= 11 is 0. The summed E-state index contributed by atoms with van der Waals surface area (Å²) in [6.07, 6.45) is 0. The van der Waals surface area contributed by atoms with Crippen molar-refractivity contribution in [2.24, 2.45) is 5.92 Å². The van der Waals surface area contributed by atoms with Crippen LogP contribution < -0.4 is 10.1 Å². The van der Waals surface area contributed by atoms with Crippen LogP contribution in [-0.4, -0.2) is 11.7 Å². The SMILES string of the molecule is COc1ccc2c(c1)[C@H](c1ccccc1)[C@@H]1Cn3c(cc4ccccc43)[C@@H]1N2. The van der Waals surface area contributed by atoms with Gasteiger partial charge in [-0.2, -0.15) is 0 Å². The molecule has 2 aliphatic heterocycles. The normalized spacial score (nSPS) is 22.2. The second-order valence-electron chi connectivity index (χ2n) is 7.87. The fourth-order valence-corrected chi connectivity index (χ4v) is 5.25. The maximum absolute atomic E-state index is 5.55. The zero-order chi connectivity index (χ0) is 18.7. The summed E-state index contributed by atoms with van der Waals surface area (Å²) in [7, 11) is 1.74. The Labute approximate surface area is 164 Å². The van der Waals surface area contributed by atoms with E-state index in [0.717, 1.165) is 12.3 Å². The van der Waals surface area contributed by atoms with Gasteiger partial charge in [-0.05, 0) is 46.8 Å². The van der Waals surface area contributed by atoms with Gasteiger partial charge in [0.2, 0.25) is 0 Å². The summed E-state index contributed by atoms with van der Waals surface area (Å²) in [6, 6.07) is 28.8. The number of hydrogen-bond acceptors (Lipinski definition) is 2. The summed E-state index contributed by atoms with van der Waals surface area (Å²) in [5.41, 5.74) is 6.66. The van der Waals surface area contributed by atoms with E-state index in [1.807, 2.05) is 0 Å². The number of benzene rings is 3. The zero-order valence-electron chi connectivity index (χ0n) is 15.8. The molecule has 28 heavy (non-hydrogen) atoms. The fraction of sp³-hybridized carbons (Fsp3) is 0.200. The number of methoxy groups -OCH3 is 1. The average Bonchev–Trinajstić information content (AvgIpc) is 3.28. The van der Waals surface area contributed by atoms with E-state index in [1.165, 1.54) is 33.4 Å². The van der Waals surface area contributed by atoms with Gasteiger partial charge >= 0.3 is 0 Å². The summed E-state index contributed by atoms with van der Waals surface area (Å²) in [6.45, 7) is 1.02. The number of rotatable bonds is 2. The van der Waals surface area contributed by atoms with Crippen LogP contribution in [0.2, 0.25) is 0 Å². The lowest BCUT2D eigenvalue weighted by atomic mass is 9.74. The van der Waals surface area contributed by atoms with Crippen molar-refractivity contribution in [2.75, 3.05) is 12.4 Å². The van der Waals surface area contributed by atoms with Crippen LogP contribution in [0.15, 0.2) is 78.9 Å². The molecule has 0 spiro atoms. The third-order valence-electron chi connectivity index (χ3n) is 6.47. The van der Waals surface area contributed by atoms with Crippen LogP contribution in [0.1, 0.15) is 28.8 Å². The smallest absolute Gasteiger partial charge is 0.119 e. The maximum Gasteiger partial charge on any atom is 0.119 e. The van der Waals surface area contributed by atoms with Gasteiger partial charge in [-0.3, -0.25) is 0 Å². The summed E-state index contributed by atoms with van der Waals surface area (Å²) in [5, 5.41) is 5.18. The Kier molecular flexibility index (Phi) is 3.33. The fourth-order valence-electron chi connectivity index (χ4n) is 5.25. The minimum absolute atomic E-state index is 0.318. The molecule has 6 rings (SSSR count). The third kappa shape index (κ3) is 2.16. The number of hydrogen-bond donors (Lipinski definition) is 1. The Morgan fingerprint density at radius 2 is 1.75 bits per heavy atom. The largest absolute Gasteiger partial charge is 0.497 e. The molecular formula is C25H22N2O. The first-order valence-electron chi connectivity index (χ1n) is 9.91. The van der Waals surface area contributed by atoms with Crippen LogP contribution in [0.3, 0.4) is 0 Å². The van der Waals surface area contributed by atoms with E-state index in [-0.39, 0.29) is 0 Å². The maximum atomic E-state index is 5.55. The summed E-state index contributed by atoms with van der Waals surface area (Å²) < 4.78 is 8.06. The topological polar surface area (TPSA) is 26.2 Å². The molecule has 3 atom stereocenters. The Balaban J connectivity index is 1.55. The highest BCUT2D eigenvalue weighted by Crippen LogP contribution is 2.53.